The number of rotatable bonds is 2. The van der Waals surface area contributed by atoms with E-state index in [1.807, 2.05) is 0 Å². The SMILES string of the molecule is O=C(c1ccc(C(F)(F)F)nc1)N1CCSC1c1ccc(Cl)cc1Cl. The maximum absolute atomic E-state index is 12.7. The first kappa shape index (κ1) is 18.4. The molecule has 0 saturated carbocycles. The predicted octanol–water partition coefficient (Wildman–Crippen LogP) is 5.30. The third-order valence-electron chi connectivity index (χ3n) is 3.68. The van der Waals surface area contributed by atoms with Crippen LogP contribution in [0.3, 0.4) is 0 Å². The minimum absolute atomic E-state index is 0.102. The van der Waals surface area contributed by atoms with Gasteiger partial charge in [0.1, 0.15) is 11.1 Å². The number of nitrogens with zero attached hydrogens (tertiary/aromatic N) is 2. The van der Waals surface area contributed by atoms with Crippen molar-refractivity contribution in [1.82, 2.24) is 9.88 Å². The minimum Gasteiger partial charge on any atom is -0.322 e. The lowest BCUT2D eigenvalue weighted by Crippen LogP contribution is -2.30. The molecule has 1 aliphatic rings. The summed E-state index contributed by atoms with van der Waals surface area (Å²) < 4.78 is 37.8. The second-order valence-corrected chi connectivity index (χ2v) is 7.35. The van der Waals surface area contributed by atoms with E-state index >= 15 is 0 Å². The number of alkyl halides is 3. The molecule has 0 spiro atoms. The molecule has 2 heterocycles. The summed E-state index contributed by atoms with van der Waals surface area (Å²) in [5.41, 5.74) is -0.190. The summed E-state index contributed by atoms with van der Waals surface area (Å²) in [6, 6.07) is 6.98. The highest BCUT2D eigenvalue weighted by atomic mass is 35.5. The van der Waals surface area contributed by atoms with Gasteiger partial charge in [0.15, 0.2) is 0 Å². The van der Waals surface area contributed by atoms with Crippen molar-refractivity contribution < 1.29 is 18.0 Å². The number of halogens is 5. The normalized spacial score (nSPS) is 17.8. The van der Waals surface area contributed by atoms with Gasteiger partial charge in [-0.25, -0.2) is 0 Å². The van der Waals surface area contributed by atoms with E-state index in [-0.39, 0.29) is 16.8 Å². The van der Waals surface area contributed by atoms with Crippen LogP contribution in [0.15, 0.2) is 36.5 Å². The molecule has 1 fully saturated rings. The smallest absolute Gasteiger partial charge is 0.322 e. The van der Waals surface area contributed by atoms with Gasteiger partial charge in [-0.15, -0.1) is 11.8 Å². The first-order valence-electron chi connectivity index (χ1n) is 7.18. The second-order valence-electron chi connectivity index (χ2n) is 5.32. The summed E-state index contributed by atoms with van der Waals surface area (Å²) in [6.45, 7) is 0.466. The molecule has 2 aromatic rings. The number of thioether (sulfide) groups is 1. The average molecular weight is 407 g/mol. The van der Waals surface area contributed by atoms with Crippen LogP contribution in [0.2, 0.25) is 10.0 Å². The molecule has 9 heteroatoms. The van der Waals surface area contributed by atoms with Crippen LogP contribution in [0.25, 0.3) is 0 Å². The summed E-state index contributed by atoms with van der Waals surface area (Å²) >= 11 is 13.7. The zero-order valence-electron chi connectivity index (χ0n) is 12.6. The summed E-state index contributed by atoms with van der Waals surface area (Å²) in [4.78, 5) is 17.6. The molecule has 25 heavy (non-hydrogen) atoms. The van der Waals surface area contributed by atoms with E-state index in [0.717, 1.165) is 23.9 Å². The van der Waals surface area contributed by atoms with Gasteiger partial charge in [0.2, 0.25) is 0 Å². The molecule has 1 aromatic carbocycles. The Hall–Kier alpha value is -1.44. The number of pyridine rings is 1. The number of amides is 1. The predicted molar refractivity (Wildman–Crippen MR) is 91.9 cm³/mol. The highest BCUT2D eigenvalue weighted by Gasteiger charge is 2.35. The first-order chi connectivity index (χ1) is 11.8. The van der Waals surface area contributed by atoms with Gasteiger partial charge >= 0.3 is 6.18 Å². The zero-order chi connectivity index (χ0) is 18.2. The van der Waals surface area contributed by atoms with Crippen molar-refractivity contribution in [2.45, 2.75) is 11.6 Å². The Morgan fingerprint density at radius 2 is 2.00 bits per heavy atom. The summed E-state index contributed by atoms with van der Waals surface area (Å²) in [7, 11) is 0. The Bertz CT molecular complexity index is 799. The van der Waals surface area contributed by atoms with Crippen LogP contribution in [-0.4, -0.2) is 28.1 Å². The van der Waals surface area contributed by atoms with Gasteiger partial charge in [-0.2, -0.15) is 13.2 Å². The van der Waals surface area contributed by atoms with Crippen molar-refractivity contribution in [3.05, 3.63) is 63.4 Å². The van der Waals surface area contributed by atoms with Crippen LogP contribution in [0, 0.1) is 0 Å². The molecule has 1 atom stereocenters. The third-order valence-corrected chi connectivity index (χ3v) is 5.49. The number of carbonyl (C=O) groups excluding carboxylic acids is 1. The van der Waals surface area contributed by atoms with E-state index in [1.165, 1.54) is 11.8 Å². The molecule has 0 radical (unpaired) electrons. The van der Waals surface area contributed by atoms with Gasteiger partial charge in [0, 0.05) is 34.1 Å². The zero-order valence-corrected chi connectivity index (χ0v) is 14.9. The molecule has 132 valence electrons. The van der Waals surface area contributed by atoms with Crippen molar-refractivity contribution in [1.29, 1.82) is 0 Å². The maximum Gasteiger partial charge on any atom is 0.433 e. The van der Waals surface area contributed by atoms with Crippen molar-refractivity contribution in [3.8, 4) is 0 Å². The second kappa shape index (κ2) is 7.05. The van der Waals surface area contributed by atoms with E-state index in [4.69, 9.17) is 23.2 Å². The first-order valence-corrected chi connectivity index (χ1v) is 8.98. The lowest BCUT2D eigenvalue weighted by Gasteiger charge is -2.25. The highest BCUT2D eigenvalue weighted by Crippen LogP contribution is 2.42. The standard InChI is InChI=1S/C16H11Cl2F3N2OS/c17-10-2-3-11(12(18)7-10)15-23(5-6-25-15)14(24)9-1-4-13(22-8-9)16(19,20)21/h1-4,7-8,15H,5-6H2. The number of benzene rings is 1. The van der Waals surface area contributed by atoms with Crippen molar-refractivity contribution in [2.24, 2.45) is 0 Å². The van der Waals surface area contributed by atoms with Gasteiger partial charge < -0.3 is 4.90 Å². The lowest BCUT2D eigenvalue weighted by atomic mass is 10.1. The Labute approximate surface area is 156 Å². The summed E-state index contributed by atoms with van der Waals surface area (Å²) in [6.07, 6.45) is -3.58. The van der Waals surface area contributed by atoms with Crippen molar-refractivity contribution in [2.75, 3.05) is 12.3 Å². The fourth-order valence-corrected chi connectivity index (χ4v) is 4.36. The molecule has 1 unspecified atom stereocenters. The number of carbonyl (C=O) groups is 1. The van der Waals surface area contributed by atoms with Gasteiger partial charge in [-0.3, -0.25) is 9.78 Å². The van der Waals surface area contributed by atoms with Gasteiger partial charge in [-0.1, -0.05) is 29.3 Å². The number of hydrogen-bond acceptors (Lipinski definition) is 3. The fourth-order valence-electron chi connectivity index (χ4n) is 2.49. The highest BCUT2D eigenvalue weighted by molar-refractivity contribution is 7.99. The Kier molecular flexibility index (Phi) is 5.18. The van der Waals surface area contributed by atoms with E-state index in [9.17, 15) is 18.0 Å². The van der Waals surface area contributed by atoms with Crippen molar-refractivity contribution in [3.63, 3.8) is 0 Å². The van der Waals surface area contributed by atoms with Crippen LogP contribution < -0.4 is 0 Å². The van der Waals surface area contributed by atoms with Gasteiger partial charge in [0.25, 0.3) is 5.91 Å². The fraction of sp³-hybridized carbons (Fsp3) is 0.250. The molecule has 1 aliphatic heterocycles. The molecule has 0 aliphatic carbocycles. The van der Waals surface area contributed by atoms with Gasteiger partial charge in [0.05, 0.1) is 5.56 Å². The Morgan fingerprint density at radius 1 is 1.24 bits per heavy atom. The monoisotopic (exact) mass is 406 g/mol. The van der Waals surface area contributed by atoms with Crippen LogP contribution in [0.1, 0.15) is 27.0 Å². The molecule has 1 saturated heterocycles. The average Bonchev–Trinajstić information content (AvgIpc) is 3.03. The molecule has 3 nitrogen and oxygen atoms in total. The minimum atomic E-state index is -4.54. The van der Waals surface area contributed by atoms with E-state index in [2.05, 4.69) is 4.98 Å². The van der Waals surface area contributed by atoms with E-state index in [0.29, 0.717) is 22.3 Å². The molecule has 1 amide bonds. The molecule has 3 rings (SSSR count). The molecular formula is C16H11Cl2F3N2OS. The van der Waals surface area contributed by atoms with E-state index in [1.54, 1.807) is 23.1 Å². The van der Waals surface area contributed by atoms with Crippen molar-refractivity contribution >= 4 is 40.9 Å². The summed E-state index contributed by atoms with van der Waals surface area (Å²) in [5.74, 6) is 0.311. The number of hydrogen-bond donors (Lipinski definition) is 0. The Balaban J connectivity index is 1.86. The molecular weight excluding hydrogens is 396 g/mol. The molecule has 0 bridgehead atoms. The third kappa shape index (κ3) is 3.88. The number of aromatic nitrogens is 1. The van der Waals surface area contributed by atoms with Crippen LogP contribution in [0.5, 0.6) is 0 Å². The van der Waals surface area contributed by atoms with Crippen LogP contribution >= 0.6 is 35.0 Å². The topological polar surface area (TPSA) is 33.2 Å². The lowest BCUT2D eigenvalue weighted by molar-refractivity contribution is -0.141. The quantitative estimate of drug-likeness (QED) is 0.678. The maximum atomic E-state index is 12.7. The van der Waals surface area contributed by atoms with Gasteiger partial charge in [-0.05, 0) is 24.3 Å². The van der Waals surface area contributed by atoms with E-state index < -0.39 is 11.9 Å². The molecule has 0 N–H and O–H groups in total. The van der Waals surface area contributed by atoms with Crippen LogP contribution in [0.4, 0.5) is 13.2 Å². The summed E-state index contributed by atoms with van der Waals surface area (Å²) in [5, 5.41) is 0.608. The van der Waals surface area contributed by atoms with Crippen LogP contribution in [-0.2, 0) is 6.18 Å². The largest absolute Gasteiger partial charge is 0.433 e. The Morgan fingerprint density at radius 3 is 2.60 bits per heavy atom. The molecule has 1 aromatic heterocycles.